The van der Waals surface area contributed by atoms with Crippen LogP contribution in [-0.4, -0.2) is 15.4 Å². The van der Waals surface area contributed by atoms with Gasteiger partial charge in [0.15, 0.2) is 0 Å². The van der Waals surface area contributed by atoms with E-state index in [1.807, 2.05) is 18.2 Å². The molecular formula is C15H19N3O. The molecule has 2 aromatic rings. The van der Waals surface area contributed by atoms with Crippen molar-refractivity contribution in [3.05, 3.63) is 46.5 Å². The lowest BCUT2D eigenvalue weighted by molar-refractivity contribution is 0.498. The first-order valence-electron chi connectivity index (χ1n) is 6.93. The van der Waals surface area contributed by atoms with Gasteiger partial charge in [-0.2, -0.15) is 0 Å². The fourth-order valence-corrected chi connectivity index (χ4v) is 2.83. The molecule has 19 heavy (non-hydrogen) atoms. The Bertz CT molecular complexity index is 635. The molecule has 4 nitrogen and oxygen atoms in total. The van der Waals surface area contributed by atoms with Crippen LogP contribution >= 0.6 is 0 Å². The lowest BCUT2D eigenvalue weighted by Gasteiger charge is -2.12. The molecule has 0 saturated heterocycles. The second-order valence-electron chi connectivity index (χ2n) is 5.51. The lowest BCUT2D eigenvalue weighted by Crippen LogP contribution is -2.27. The van der Waals surface area contributed by atoms with Crippen molar-refractivity contribution in [1.82, 2.24) is 14.7 Å². The topological polar surface area (TPSA) is 46.4 Å². The number of hydrogen-bond acceptors (Lipinski definition) is 3. The van der Waals surface area contributed by atoms with Crippen LogP contribution in [0.15, 0.2) is 35.3 Å². The van der Waals surface area contributed by atoms with Crippen molar-refractivity contribution in [2.24, 2.45) is 5.92 Å². The molecule has 0 spiro atoms. The minimum atomic E-state index is -0.0119. The molecule has 0 radical (unpaired) electrons. The Labute approximate surface area is 112 Å². The van der Waals surface area contributed by atoms with Crippen LogP contribution < -0.4 is 10.9 Å². The van der Waals surface area contributed by atoms with Gasteiger partial charge < -0.3 is 5.32 Å². The summed E-state index contributed by atoms with van der Waals surface area (Å²) >= 11 is 0. The predicted molar refractivity (Wildman–Crippen MR) is 75.1 cm³/mol. The van der Waals surface area contributed by atoms with Crippen molar-refractivity contribution < 1.29 is 0 Å². The average molecular weight is 257 g/mol. The first kappa shape index (κ1) is 12.4. The molecule has 1 aliphatic carbocycles. The molecule has 0 aliphatic heterocycles. The molecule has 0 aromatic carbocycles. The zero-order chi connectivity index (χ0) is 13.2. The summed E-state index contributed by atoms with van der Waals surface area (Å²) in [6, 6.07) is 7.80. The molecule has 2 heterocycles. The molecule has 4 heteroatoms. The fraction of sp³-hybridized carbons (Fsp3) is 0.467. The number of rotatable bonds is 3. The van der Waals surface area contributed by atoms with Crippen LogP contribution in [-0.2, 0) is 6.54 Å². The molecular weight excluding hydrogens is 238 g/mol. The summed E-state index contributed by atoms with van der Waals surface area (Å²) < 4.78 is 1.57. The predicted octanol–water partition coefficient (Wildman–Crippen LogP) is 1.97. The summed E-state index contributed by atoms with van der Waals surface area (Å²) in [7, 11) is 0. The van der Waals surface area contributed by atoms with Gasteiger partial charge in [-0.25, -0.2) is 4.98 Å². The molecule has 3 rings (SSSR count). The highest BCUT2D eigenvalue weighted by molar-refractivity contribution is 5.37. The SMILES string of the molecule is CC1CCC(NCc2cc(=O)n3ccccc3n2)C1. The van der Waals surface area contributed by atoms with E-state index >= 15 is 0 Å². The average Bonchev–Trinajstić information content (AvgIpc) is 2.82. The van der Waals surface area contributed by atoms with E-state index in [1.165, 1.54) is 19.3 Å². The Morgan fingerprint density at radius 2 is 2.32 bits per heavy atom. The number of hydrogen-bond donors (Lipinski definition) is 1. The van der Waals surface area contributed by atoms with Crippen LogP contribution in [0.25, 0.3) is 5.65 Å². The fourth-order valence-electron chi connectivity index (χ4n) is 2.83. The van der Waals surface area contributed by atoms with Gasteiger partial charge in [-0.1, -0.05) is 13.0 Å². The number of pyridine rings is 1. The Kier molecular flexibility index (Phi) is 3.34. The maximum absolute atomic E-state index is 11.9. The maximum Gasteiger partial charge on any atom is 0.258 e. The summed E-state index contributed by atoms with van der Waals surface area (Å²) in [4.78, 5) is 16.5. The van der Waals surface area contributed by atoms with E-state index in [0.29, 0.717) is 18.2 Å². The molecule has 1 aliphatic rings. The monoisotopic (exact) mass is 257 g/mol. The van der Waals surface area contributed by atoms with E-state index in [9.17, 15) is 4.79 Å². The van der Waals surface area contributed by atoms with Crippen molar-refractivity contribution in [1.29, 1.82) is 0 Å². The van der Waals surface area contributed by atoms with Gasteiger partial charge in [-0.3, -0.25) is 9.20 Å². The van der Waals surface area contributed by atoms with Gasteiger partial charge in [-0.05, 0) is 37.3 Å². The van der Waals surface area contributed by atoms with Gasteiger partial charge in [0.1, 0.15) is 5.65 Å². The van der Waals surface area contributed by atoms with Crippen molar-refractivity contribution in [2.75, 3.05) is 0 Å². The zero-order valence-electron chi connectivity index (χ0n) is 11.2. The van der Waals surface area contributed by atoms with Crippen LogP contribution in [0.5, 0.6) is 0 Å². The van der Waals surface area contributed by atoms with E-state index in [-0.39, 0.29) is 5.56 Å². The van der Waals surface area contributed by atoms with Crippen LogP contribution in [0.2, 0.25) is 0 Å². The second kappa shape index (κ2) is 5.13. The molecule has 1 N–H and O–H groups in total. The molecule has 2 aromatic heterocycles. The number of fused-ring (bicyclic) bond motifs is 1. The minimum Gasteiger partial charge on any atom is -0.308 e. The second-order valence-corrected chi connectivity index (χ2v) is 5.51. The third kappa shape index (κ3) is 2.68. The molecule has 0 amide bonds. The number of nitrogens with one attached hydrogen (secondary N) is 1. The number of nitrogens with zero attached hydrogens (tertiary/aromatic N) is 2. The van der Waals surface area contributed by atoms with E-state index in [1.54, 1.807) is 16.7 Å². The molecule has 2 unspecified atom stereocenters. The van der Waals surface area contributed by atoms with Crippen molar-refractivity contribution in [3.8, 4) is 0 Å². The third-order valence-corrected chi connectivity index (χ3v) is 3.89. The quantitative estimate of drug-likeness (QED) is 0.914. The Hall–Kier alpha value is -1.68. The van der Waals surface area contributed by atoms with E-state index in [0.717, 1.165) is 11.6 Å². The summed E-state index contributed by atoms with van der Waals surface area (Å²) in [5, 5.41) is 3.51. The van der Waals surface area contributed by atoms with Crippen LogP contribution in [0.4, 0.5) is 0 Å². The Morgan fingerprint density at radius 3 is 3.11 bits per heavy atom. The zero-order valence-corrected chi connectivity index (χ0v) is 11.2. The van der Waals surface area contributed by atoms with Crippen LogP contribution in [0.1, 0.15) is 31.9 Å². The Balaban J connectivity index is 1.76. The van der Waals surface area contributed by atoms with E-state index in [4.69, 9.17) is 0 Å². The largest absolute Gasteiger partial charge is 0.308 e. The summed E-state index contributed by atoms with van der Waals surface area (Å²) in [6.45, 7) is 2.97. The summed E-state index contributed by atoms with van der Waals surface area (Å²) in [5.41, 5.74) is 1.53. The van der Waals surface area contributed by atoms with Gasteiger partial charge in [0.05, 0.1) is 5.69 Å². The molecule has 0 bridgehead atoms. The minimum absolute atomic E-state index is 0.0119. The first-order valence-corrected chi connectivity index (χ1v) is 6.93. The lowest BCUT2D eigenvalue weighted by atomic mass is 10.1. The first-order chi connectivity index (χ1) is 9.22. The van der Waals surface area contributed by atoms with E-state index < -0.39 is 0 Å². The molecule has 1 saturated carbocycles. The van der Waals surface area contributed by atoms with Crippen molar-refractivity contribution >= 4 is 5.65 Å². The van der Waals surface area contributed by atoms with Crippen LogP contribution in [0, 0.1) is 5.92 Å². The highest BCUT2D eigenvalue weighted by atomic mass is 16.1. The van der Waals surface area contributed by atoms with Gasteiger partial charge >= 0.3 is 0 Å². The summed E-state index contributed by atoms with van der Waals surface area (Å²) in [5.74, 6) is 0.813. The normalized spacial score (nSPS) is 23.0. The molecule has 1 fully saturated rings. The highest BCUT2D eigenvalue weighted by Crippen LogP contribution is 2.24. The smallest absolute Gasteiger partial charge is 0.258 e. The third-order valence-electron chi connectivity index (χ3n) is 3.89. The van der Waals surface area contributed by atoms with Gasteiger partial charge in [0.2, 0.25) is 0 Å². The molecule has 100 valence electrons. The van der Waals surface area contributed by atoms with Gasteiger partial charge in [0.25, 0.3) is 5.56 Å². The number of aromatic nitrogens is 2. The van der Waals surface area contributed by atoms with Crippen molar-refractivity contribution in [2.45, 2.75) is 38.8 Å². The van der Waals surface area contributed by atoms with Gasteiger partial charge in [0, 0.05) is 24.8 Å². The Morgan fingerprint density at radius 1 is 1.42 bits per heavy atom. The molecule has 2 atom stereocenters. The van der Waals surface area contributed by atoms with Crippen molar-refractivity contribution in [3.63, 3.8) is 0 Å². The van der Waals surface area contributed by atoms with Crippen LogP contribution in [0.3, 0.4) is 0 Å². The standard InChI is InChI=1S/C15H19N3O/c1-11-5-6-12(8-11)16-10-13-9-15(19)18-7-3-2-4-14(18)17-13/h2-4,7,9,11-12,16H,5-6,8,10H2,1H3. The maximum atomic E-state index is 11.9. The van der Waals surface area contributed by atoms with E-state index in [2.05, 4.69) is 17.2 Å². The van der Waals surface area contributed by atoms with Gasteiger partial charge in [-0.15, -0.1) is 0 Å². The summed E-state index contributed by atoms with van der Waals surface area (Å²) in [6.07, 6.45) is 5.51. The highest BCUT2D eigenvalue weighted by Gasteiger charge is 2.20.